The van der Waals surface area contributed by atoms with Gasteiger partial charge in [-0.2, -0.15) is 0 Å². The van der Waals surface area contributed by atoms with Crippen LogP contribution in [0.4, 0.5) is 0 Å². The molecular weight excluding hydrogens is 386 g/mol. The predicted octanol–water partition coefficient (Wildman–Crippen LogP) is 5.64. The highest BCUT2D eigenvalue weighted by Gasteiger charge is 2.38. The van der Waals surface area contributed by atoms with E-state index in [4.69, 9.17) is 21.4 Å². The zero-order valence-corrected chi connectivity index (χ0v) is 16.8. The van der Waals surface area contributed by atoms with Gasteiger partial charge in [-0.05, 0) is 49.0 Å². The Morgan fingerprint density at radius 1 is 0.931 bits per heavy atom. The summed E-state index contributed by atoms with van der Waals surface area (Å²) in [7, 11) is 2.18. The normalized spacial score (nSPS) is 19.5. The lowest BCUT2D eigenvalue weighted by atomic mass is 9.84. The molecule has 0 aliphatic carbocycles. The van der Waals surface area contributed by atoms with Crippen LogP contribution in [0.25, 0.3) is 0 Å². The van der Waals surface area contributed by atoms with Gasteiger partial charge in [0.25, 0.3) is 0 Å². The smallest absolute Gasteiger partial charge is 0.335 e. The fourth-order valence-corrected chi connectivity index (χ4v) is 4.29. The van der Waals surface area contributed by atoms with Gasteiger partial charge in [0, 0.05) is 35.5 Å². The molecule has 29 heavy (non-hydrogen) atoms. The van der Waals surface area contributed by atoms with Crippen LogP contribution < -0.4 is 4.74 Å². The summed E-state index contributed by atoms with van der Waals surface area (Å²) in [5.74, 6) is 1.99. The zero-order chi connectivity index (χ0) is 20.4. The maximum atomic E-state index is 10.2. The number of para-hydroxylation sites is 1. The zero-order valence-electron chi connectivity index (χ0n) is 16.1. The van der Waals surface area contributed by atoms with Crippen LogP contribution in [0.5, 0.6) is 11.5 Å². The molecule has 0 saturated carbocycles. The second-order valence-corrected chi connectivity index (χ2v) is 7.86. The Kier molecular flexibility index (Phi) is 5.56. The Hall–Kier alpha value is -2.82. The molecule has 2 aliphatic rings. The number of hydrogen-bond acceptors (Lipinski definition) is 3. The average Bonchev–Trinajstić information content (AvgIpc) is 3.07. The lowest BCUT2D eigenvalue weighted by Gasteiger charge is -2.17. The van der Waals surface area contributed by atoms with Crippen molar-refractivity contribution < 1.29 is 14.6 Å². The van der Waals surface area contributed by atoms with Crippen molar-refractivity contribution in [3.8, 4) is 11.5 Å². The first kappa shape index (κ1) is 19.5. The first-order chi connectivity index (χ1) is 14.0. The van der Waals surface area contributed by atoms with E-state index in [1.807, 2.05) is 18.2 Å². The molecule has 1 fully saturated rings. The van der Waals surface area contributed by atoms with Crippen molar-refractivity contribution >= 4 is 17.6 Å². The molecule has 0 spiro atoms. The number of nitrogens with zero attached hydrogens (tertiary/aromatic N) is 1. The molecule has 4 nitrogen and oxygen atoms in total. The van der Waals surface area contributed by atoms with Crippen molar-refractivity contribution in [3.05, 3.63) is 94.5 Å². The quantitative estimate of drug-likeness (QED) is 0.566. The van der Waals surface area contributed by atoms with Crippen LogP contribution >= 0.6 is 11.6 Å². The first-order valence-electron chi connectivity index (χ1n) is 9.56. The minimum atomic E-state index is -0.879. The molecule has 5 heteroatoms. The number of carboxylic acid groups (broad SMARTS) is 1. The van der Waals surface area contributed by atoms with Gasteiger partial charge in [-0.3, -0.25) is 0 Å². The number of ether oxygens (including phenoxy) is 1. The maximum absolute atomic E-state index is 10.2. The standard InChI is InChI=1S/C17H16ClNO.C7H6O2/c1-19-9-14-12-4-2-3-5-16(12)20-17-7-6-11(18)8-13(17)15(14)10-19;8-7(9)6-4-2-1-3-5-6/h2-8,14-15H,9-10H2,1H3;1-5H,(H,8,9)/t14-,15-;/m0./s1. The minimum absolute atomic E-state index is 0.331. The van der Waals surface area contributed by atoms with Gasteiger partial charge in [-0.1, -0.05) is 48.0 Å². The SMILES string of the molecule is CN1C[C@H]2c3ccccc3Oc3ccc(Cl)cc3[C@@H]2C1.O=C(O)c1ccccc1. The molecule has 0 aromatic heterocycles. The van der Waals surface area contributed by atoms with Crippen molar-refractivity contribution in [1.29, 1.82) is 0 Å². The molecule has 3 aromatic carbocycles. The van der Waals surface area contributed by atoms with Crippen LogP contribution in [0.1, 0.15) is 33.3 Å². The molecule has 0 radical (unpaired) electrons. The molecule has 3 aromatic rings. The number of aromatic carboxylic acids is 1. The predicted molar refractivity (Wildman–Crippen MR) is 114 cm³/mol. The molecule has 2 atom stereocenters. The lowest BCUT2D eigenvalue weighted by molar-refractivity contribution is 0.0697. The van der Waals surface area contributed by atoms with E-state index in [1.165, 1.54) is 11.1 Å². The van der Waals surface area contributed by atoms with Gasteiger partial charge in [-0.25, -0.2) is 4.79 Å². The van der Waals surface area contributed by atoms with Crippen molar-refractivity contribution in [2.24, 2.45) is 0 Å². The minimum Gasteiger partial charge on any atom is -0.478 e. The summed E-state index contributed by atoms with van der Waals surface area (Å²) in [6.07, 6.45) is 0. The third-order valence-corrected chi connectivity index (χ3v) is 5.67. The highest BCUT2D eigenvalue weighted by molar-refractivity contribution is 6.30. The number of likely N-dealkylation sites (tertiary alicyclic amines) is 1. The fraction of sp³-hybridized carbons (Fsp3) is 0.208. The van der Waals surface area contributed by atoms with Crippen molar-refractivity contribution in [2.45, 2.75) is 11.8 Å². The van der Waals surface area contributed by atoms with Crippen LogP contribution in [-0.2, 0) is 0 Å². The van der Waals surface area contributed by atoms with Gasteiger partial charge in [0.1, 0.15) is 11.5 Å². The van der Waals surface area contributed by atoms with Crippen LogP contribution in [0.2, 0.25) is 5.02 Å². The molecular formula is C24H22ClNO3. The number of carbonyl (C=O) groups is 1. The largest absolute Gasteiger partial charge is 0.478 e. The van der Waals surface area contributed by atoms with Crippen LogP contribution in [0, 0.1) is 0 Å². The summed E-state index contributed by atoms with van der Waals surface area (Å²) in [5.41, 5.74) is 2.88. The van der Waals surface area contributed by atoms with E-state index in [0.717, 1.165) is 29.6 Å². The van der Waals surface area contributed by atoms with Gasteiger partial charge in [0.05, 0.1) is 5.56 Å². The molecule has 0 unspecified atom stereocenters. The number of benzene rings is 3. The number of halogens is 1. The van der Waals surface area contributed by atoms with Gasteiger partial charge >= 0.3 is 5.97 Å². The van der Waals surface area contributed by atoms with E-state index >= 15 is 0 Å². The Bertz CT molecular complexity index is 1020. The van der Waals surface area contributed by atoms with Crippen molar-refractivity contribution in [3.63, 3.8) is 0 Å². The topological polar surface area (TPSA) is 49.8 Å². The summed E-state index contributed by atoms with van der Waals surface area (Å²) >= 11 is 6.20. The fourth-order valence-electron chi connectivity index (χ4n) is 4.11. The number of hydrogen-bond donors (Lipinski definition) is 1. The van der Waals surface area contributed by atoms with E-state index < -0.39 is 5.97 Å². The Morgan fingerprint density at radius 3 is 2.24 bits per heavy atom. The van der Waals surface area contributed by atoms with Gasteiger partial charge in [0.2, 0.25) is 0 Å². The molecule has 5 rings (SSSR count). The van der Waals surface area contributed by atoms with Crippen molar-refractivity contribution in [1.82, 2.24) is 4.90 Å². The Morgan fingerprint density at radius 2 is 1.55 bits per heavy atom. The second-order valence-electron chi connectivity index (χ2n) is 7.43. The van der Waals surface area contributed by atoms with Crippen molar-refractivity contribution in [2.75, 3.05) is 20.1 Å². The van der Waals surface area contributed by atoms with Crippen LogP contribution in [0.3, 0.4) is 0 Å². The van der Waals surface area contributed by atoms with E-state index in [2.05, 4.69) is 36.2 Å². The van der Waals surface area contributed by atoms with Crippen LogP contribution in [-0.4, -0.2) is 36.1 Å². The molecule has 0 bridgehead atoms. The van der Waals surface area contributed by atoms with E-state index in [-0.39, 0.29) is 0 Å². The third-order valence-electron chi connectivity index (χ3n) is 5.43. The van der Waals surface area contributed by atoms with E-state index in [0.29, 0.717) is 17.4 Å². The van der Waals surface area contributed by atoms with Crippen LogP contribution in [0.15, 0.2) is 72.8 Å². The number of likely N-dealkylation sites (N-methyl/N-ethyl adjacent to an activating group) is 1. The molecule has 1 N–H and O–H groups in total. The van der Waals surface area contributed by atoms with Gasteiger partial charge in [-0.15, -0.1) is 0 Å². The molecule has 148 valence electrons. The summed E-state index contributed by atoms with van der Waals surface area (Å²) in [5, 5.41) is 9.17. The first-order valence-corrected chi connectivity index (χ1v) is 9.94. The lowest BCUT2D eigenvalue weighted by Crippen LogP contribution is -2.14. The number of fused-ring (bicyclic) bond motifs is 5. The Balaban J connectivity index is 0.000000192. The highest BCUT2D eigenvalue weighted by atomic mass is 35.5. The maximum Gasteiger partial charge on any atom is 0.335 e. The molecule has 1 saturated heterocycles. The van der Waals surface area contributed by atoms with E-state index in [1.54, 1.807) is 30.3 Å². The van der Waals surface area contributed by atoms with Gasteiger partial charge < -0.3 is 14.7 Å². The molecule has 2 heterocycles. The highest BCUT2D eigenvalue weighted by Crippen LogP contribution is 2.49. The summed E-state index contributed by atoms with van der Waals surface area (Å²) in [4.78, 5) is 12.6. The monoisotopic (exact) mass is 407 g/mol. The summed E-state index contributed by atoms with van der Waals surface area (Å²) in [6.45, 7) is 2.12. The van der Waals surface area contributed by atoms with E-state index in [9.17, 15) is 4.79 Å². The third kappa shape index (κ3) is 4.14. The molecule has 2 aliphatic heterocycles. The Labute approximate surface area is 175 Å². The summed E-state index contributed by atoms with van der Waals surface area (Å²) in [6, 6.07) is 22.7. The second kappa shape index (κ2) is 8.27. The number of carboxylic acids is 1. The average molecular weight is 408 g/mol. The molecule has 0 amide bonds. The van der Waals surface area contributed by atoms with Gasteiger partial charge in [0.15, 0.2) is 0 Å². The number of rotatable bonds is 1. The summed E-state index contributed by atoms with van der Waals surface area (Å²) < 4.78 is 6.15.